The number of piperidine rings is 1. The lowest BCUT2D eigenvalue weighted by atomic mass is 10.0. The highest BCUT2D eigenvalue weighted by Crippen LogP contribution is 2.36. The number of carboxylic acid groups (broad SMARTS) is 1. The van der Waals surface area contributed by atoms with Crippen molar-refractivity contribution in [2.75, 3.05) is 0 Å². The van der Waals surface area contributed by atoms with Crippen molar-refractivity contribution in [2.24, 2.45) is 0 Å². The molecule has 2 bridgehead atoms. The van der Waals surface area contributed by atoms with Gasteiger partial charge in [-0.1, -0.05) is 0 Å². The van der Waals surface area contributed by atoms with Crippen LogP contribution in [-0.2, 0) is 0 Å². The minimum atomic E-state index is -0.805. The van der Waals surface area contributed by atoms with Gasteiger partial charge >= 0.3 is 6.09 Å². The number of nitrogens with zero attached hydrogens (tertiary/aromatic N) is 3. The summed E-state index contributed by atoms with van der Waals surface area (Å²) in [5.74, 6) is 0.527. The van der Waals surface area contributed by atoms with Crippen LogP contribution in [0.5, 0.6) is 5.88 Å². The molecule has 1 aromatic heterocycles. The number of hydrogen-bond acceptors (Lipinski definition) is 4. The normalized spacial score (nSPS) is 29.3. The summed E-state index contributed by atoms with van der Waals surface area (Å²) in [5.41, 5.74) is 0.855. The maximum absolute atomic E-state index is 11.2. The second-order valence-electron chi connectivity index (χ2n) is 5.28. The van der Waals surface area contributed by atoms with Crippen molar-refractivity contribution >= 4 is 6.09 Å². The molecular formula is C13H17N3O3. The highest BCUT2D eigenvalue weighted by molar-refractivity contribution is 5.66. The third-order valence-corrected chi connectivity index (χ3v) is 3.96. The molecule has 0 aliphatic carbocycles. The second-order valence-corrected chi connectivity index (χ2v) is 5.28. The van der Waals surface area contributed by atoms with Gasteiger partial charge in [-0.2, -0.15) is 0 Å². The summed E-state index contributed by atoms with van der Waals surface area (Å²) in [6, 6.07) is 0.194. The zero-order valence-electron chi connectivity index (χ0n) is 10.8. The number of hydrogen-bond donors (Lipinski definition) is 1. The van der Waals surface area contributed by atoms with E-state index >= 15 is 0 Å². The molecule has 2 aliphatic heterocycles. The molecule has 0 radical (unpaired) electrons. The van der Waals surface area contributed by atoms with Crippen LogP contribution in [0.15, 0.2) is 12.4 Å². The number of amides is 1. The Morgan fingerprint density at radius 2 is 2.00 bits per heavy atom. The number of aromatic nitrogens is 2. The van der Waals surface area contributed by atoms with E-state index in [1.54, 1.807) is 17.3 Å². The van der Waals surface area contributed by atoms with E-state index in [1.165, 1.54) is 0 Å². The van der Waals surface area contributed by atoms with E-state index in [0.717, 1.165) is 31.4 Å². The van der Waals surface area contributed by atoms with Crippen molar-refractivity contribution in [1.29, 1.82) is 0 Å². The Kier molecular flexibility index (Phi) is 3.00. The minimum absolute atomic E-state index is 0.0464. The lowest BCUT2D eigenvalue weighted by molar-refractivity contribution is 0.0475. The number of carbonyl (C=O) groups is 1. The first kappa shape index (κ1) is 12.2. The number of fused-ring (bicyclic) bond motifs is 2. The second kappa shape index (κ2) is 4.68. The van der Waals surface area contributed by atoms with Gasteiger partial charge in [0.25, 0.3) is 0 Å². The summed E-state index contributed by atoms with van der Waals surface area (Å²) in [5, 5.41) is 9.19. The zero-order chi connectivity index (χ0) is 13.4. The standard InChI is InChI=1S/C13H17N3O3/c1-8-6-15-12(7-14-8)19-11-4-9-2-3-10(5-11)16(9)13(17)18/h6-7,9-11H,2-5H2,1H3,(H,17,18)/t9-,10+,11-. The average Bonchev–Trinajstić information content (AvgIpc) is 2.65. The topological polar surface area (TPSA) is 75.5 Å². The van der Waals surface area contributed by atoms with Crippen LogP contribution in [0, 0.1) is 6.92 Å². The lowest BCUT2D eigenvalue weighted by Crippen LogP contribution is -2.48. The Hall–Kier alpha value is -1.85. The van der Waals surface area contributed by atoms with E-state index in [2.05, 4.69) is 9.97 Å². The van der Waals surface area contributed by atoms with Gasteiger partial charge in [0.2, 0.25) is 5.88 Å². The Balaban J connectivity index is 1.66. The van der Waals surface area contributed by atoms with Gasteiger partial charge in [-0.3, -0.25) is 4.98 Å². The fourth-order valence-corrected chi connectivity index (χ4v) is 3.15. The molecule has 6 nitrogen and oxygen atoms in total. The van der Waals surface area contributed by atoms with Crippen LogP contribution in [0.1, 0.15) is 31.4 Å². The Morgan fingerprint density at radius 3 is 2.53 bits per heavy atom. The first-order valence-corrected chi connectivity index (χ1v) is 6.60. The SMILES string of the molecule is Cc1cnc(O[C@@H]2C[C@H]3CC[C@@H](C2)N3C(=O)O)cn1. The smallest absolute Gasteiger partial charge is 0.407 e. The molecule has 1 N–H and O–H groups in total. The van der Waals surface area contributed by atoms with Gasteiger partial charge < -0.3 is 14.7 Å². The summed E-state index contributed by atoms with van der Waals surface area (Å²) in [7, 11) is 0. The van der Waals surface area contributed by atoms with Crippen LogP contribution in [0.2, 0.25) is 0 Å². The first-order chi connectivity index (χ1) is 9.13. The molecule has 102 valence electrons. The fraction of sp³-hybridized carbons (Fsp3) is 0.615. The monoisotopic (exact) mass is 263 g/mol. The molecule has 0 unspecified atom stereocenters. The molecule has 1 amide bonds. The molecule has 1 aromatic rings. The van der Waals surface area contributed by atoms with Crippen LogP contribution in [0.4, 0.5) is 4.79 Å². The molecule has 2 saturated heterocycles. The first-order valence-electron chi connectivity index (χ1n) is 6.60. The van der Waals surface area contributed by atoms with Crippen LogP contribution >= 0.6 is 0 Å². The average molecular weight is 263 g/mol. The van der Waals surface area contributed by atoms with Crippen LogP contribution in [0.25, 0.3) is 0 Å². The van der Waals surface area contributed by atoms with Crippen molar-refractivity contribution in [3.05, 3.63) is 18.1 Å². The van der Waals surface area contributed by atoms with Gasteiger partial charge in [0.05, 0.1) is 18.1 Å². The van der Waals surface area contributed by atoms with Crippen LogP contribution < -0.4 is 4.74 Å². The third kappa shape index (κ3) is 2.34. The summed E-state index contributed by atoms with van der Waals surface area (Å²) >= 11 is 0. The van der Waals surface area contributed by atoms with Crippen molar-refractivity contribution in [3.63, 3.8) is 0 Å². The highest BCUT2D eigenvalue weighted by atomic mass is 16.5. The van der Waals surface area contributed by atoms with E-state index in [1.807, 2.05) is 6.92 Å². The van der Waals surface area contributed by atoms with Gasteiger partial charge in [0, 0.05) is 24.9 Å². The van der Waals surface area contributed by atoms with E-state index in [4.69, 9.17) is 4.74 Å². The van der Waals surface area contributed by atoms with Crippen molar-refractivity contribution in [2.45, 2.75) is 50.8 Å². The van der Waals surface area contributed by atoms with Crippen LogP contribution in [0.3, 0.4) is 0 Å². The molecule has 2 aliphatic rings. The van der Waals surface area contributed by atoms with Gasteiger partial charge in [-0.05, 0) is 19.8 Å². The maximum atomic E-state index is 11.2. The van der Waals surface area contributed by atoms with Gasteiger partial charge in [-0.15, -0.1) is 0 Å². The lowest BCUT2D eigenvalue weighted by Gasteiger charge is -2.36. The summed E-state index contributed by atoms with van der Waals surface area (Å²) in [6.45, 7) is 1.88. The van der Waals surface area contributed by atoms with Gasteiger partial charge in [-0.25, -0.2) is 9.78 Å². The van der Waals surface area contributed by atoms with E-state index in [0.29, 0.717) is 5.88 Å². The third-order valence-electron chi connectivity index (χ3n) is 3.96. The summed E-state index contributed by atoms with van der Waals surface area (Å²) < 4.78 is 5.83. The summed E-state index contributed by atoms with van der Waals surface area (Å²) in [4.78, 5) is 21.1. The van der Waals surface area contributed by atoms with E-state index in [-0.39, 0.29) is 18.2 Å². The van der Waals surface area contributed by atoms with E-state index in [9.17, 15) is 9.90 Å². The zero-order valence-corrected chi connectivity index (χ0v) is 10.8. The van der Waals surface area contributed by atoms with Crippen molar-refractivity contribution in [3.8, 4) is 5.88 Å². The molecule has 3 rings (SSSR count). The fourth-order valence-electron chi connectivity index (χ4n) is 3.15. The Bertz CT molecular complexity index is 463. The van der Waals surface area contributed by atoms with Crippen molar-refractivity contribution in [1.82, 2.24) is 14.9 Å². The molecule has 2 fully saturated rings. The van der Waals surface area contributed by atoms with Gasteiger partial charge in [0.15, 0.2) is 0 Å². The molecule has 3 atom stereocenters. The van der Waals surface area contributed by atoms with Crippen LogP contribution in [-0.4, -0.2) is 44.3 Å². The minimum Gasteiger partial charge on any atom is -0.473 e. The predicted molar refractivity (Wildman–Crippen MR) is 67.1 cm³/mol. The van der Waals surface area contributed by atoms with Crippen molar-refractivity contribution < 1.29 is 14.6 Å². The molecular weight excluding hydrogens is 246 g/mol. The quantitative estimate of drug-likeness (QED) is 0.881. The Morgan fingerprint density at radius 1 is 1.32 bits per heavy atom. The number of rotatable bonds is 2. The molecule has 0 aromatic carbocycles. The largest absolute Gasteiger partial charge is 0.473 e. The summed E-state index contributed by atoms with van der Waals surface area (Å²) in [6.07, 6.45) is 5.92. The van der Waals surface area contributed by atoms with Gasteiger partial charge in [0.1, 0.15) is 6.10 Å². The van der Waals surface area contributed by atoms with E-state index < -0.39 is 6.09 Å². The Labute approximate surface area is 111 Å². The highest BCUT2D eigenvalue weighted by Gasteiger charge is 2.44. The molecule has 0 saturated carbocycles. The maximum Gasteiger partial charge on any atom is 0.407 e. The molecule has 3 heterocycles. The predicted octanol–water partition coefficient (Wildman–Crippen LogP) is 1.84. The number of aryl methyl sites for hydroxylation is 1. The molecule has 19 heavy (non-hydrogen) atoms. The molecule has 6 heteroatoms. The molecule has 0 spiro atoms. The number of ether oxygens (including phenoxy) is 1.